The Morgan fingerprint density at radius 1 is 1.50 bits per heavy atom. The van der Waals surface area contributed by atoms with Gasteiger partial charge >= 0.3 is 0 Å². The molecule has 0 aromatic heterocycles. The molecule has 0 fully saturated rings. The van der Waals surface area contributed by atoms with Crippen molar-refractivity contribution in [3.63, 3.8) is 0 Å². The van der Waals surface area contributed by atoms with Crippen LogP contribution < -0.4 is 0 Å². The van der Waals surface area contributed by atoms with Gasteiger partial charge in [-0.15, -0.1) is 34.8 Å². The standard InChI is InChI=1S/C4H4Cl3N/c5-1-3(6)4(7)2-8/h3-4H,1H2. The molecule has 0 N–H and O–H groups in total. The van der Waals surface area contributed by atoms with Crippen LogP contribution in [0.3, 0.4) is 0 Å². The molecule has 2 unspecified atom stereocenters. The Balaban J connectivity index is 3.49. The highest BCUT2D eigenvalue weighted by molar-refractivity contribution is 6.34. The molecule has 0 spiro atoms. The lowest BCUT2D eigenvalue weighted by Crippen LogP contribution is -2.13. The topological polar surface area (TPSA) is 23.8 Å². The van der Waals surface area contributed by atoms with Crippen LogP contribution in [0.25, 0.3) is 0 Å². The Hall–Kier alpha value is 0.360. The Bertz CT molecular complexity index is 97.9. The molecular weight excluding hydrogens is 168 g/mol. The van der Waals surface area contributed by atoms with Crippen LogP contribution in [0.4, 0.5) is 0 Å². The van der Waals surface area contributed by atoms with Gasteiger partial charge in [0.1, 0.15) is 5.38 Å². The van der Waals surface area contributed by atoms with Gasteiger partial charge in [0.15, 0.2) is 0 Å². The molecule has 0 radical (unpaired) electrons. The maximum absolute atomic E-state index is 8.11. The van der Waals surface area contributed by atoms with Gasteiger partial charge in [-0.3, -0.25) is 0 Å². The molecule has 0 aliphatic carbocycles. The third-order valence-corrected chi connectivity index (χ3v) is 2.02. The second-order valence-electron chi connectivity index (χ2n) is 1.20. The summed E-state index contributed by atoms with van der Waals surface area (Å²) in [6.07, 6.45) is 0. The van der Waals surface area contributed by atoms with Crippen molar-refractivity contribution in [2.45, 2.75) is 10.8 Å². The summed E-state index contributed by atoms with van der Waals surface area (Å²) in [5, 5.41) is 7.00. The highest BCUT2D eigenvalue weighted by Gasteiger charge is 2.13. The summed E-state index contributed by atoms with van der Waals surface area (Å²) in [5.74, 6) is 0.212. The lowest BCUT2D eigenvalue weighted by atomic mass is 10.3. The first-order chi connectivity index (χ1) is 3.72. The van der Waals surface area contributed by atoms with E-state index in [0.29, 0.717) is 0 Å². The zero-order chi connectivity index (χ0) is 6.57. The zero-order valence-electron chi connectivity index (χ0n) is 3.94. The maximum atomic E-state index is 8.11. The molecule has 0 aliphatic heterocycles. The molecular formula is C4H4Cl3N. The van der Waals surface area contributed by atoms with Crippen LogP contribution >= 0.6 is 34.8 Å². The Morgan fingerprint density at radius 3 is 2.12 bits per heavy atom. The van der Waals surface area contributed by atoms with Gasteiger partial charge in [-0.2, -0.15) is 5.26 Å². The molecule has 8 heavy (non-hydrogen) atoms. The third-order valence-electron chi connectivity index (χ3n) is 0.588. The first-order valence-electron chi connectivity index (χ1n) is 1.96. The van der Waals surface area contributed by atoms with Crippen molar-refractivity contribution < 1.29 is 0 Å². The average molecular weight is 172 g/mol. The molecule has 4 heteroatoms. The molecule has 0 aromatic carbocycles. The summed E-state index contributed by atoms with van der Waals surface area (Å²) in [6, 6.07) is 1.76. The molecule has 0 bridgehead atoms. The number of halogens is 3. The fraction of sp³-hybridized carbons (Fsp3) is 0.750. The monoisotopic (exact) mass is 171 g/mol. The minimum Gasteiger partial charge on any atom is -0.197 e. The lowest BCUT2D eigenvalue weighted by molar-refractivity contribution is 0.993. The normalized spacial score (nSPS) is 16.8. The quantitative estimate of drug-likeness (QED) is 0.584. The zero-order valence-corrected chi connectivity index (χ0v) is 6.21. The summed E-state index contributed by atoms with van der Waals surface area (Å²) < 4.78 is 0. The number of alkyl halides is 3. The highest BCUT2D eigenvalue weighted by Crippen LogP contribution is 2.09. The van der Waals surface area contributed by atoms with Crippen molar-refractivity contribution in [1.82, 2.24) is 0 Å². The number of hydrogen-bond acceptors (Lipinski definition) is 1. The number of nitriles is 1. The van der Waals surface area contributed by atoms with Crippen molar-refractivity contribution >= 4 is 34.8 Å². The van der Waals surface area contributed by atoms with Crippen molar-refractivity contribution in [3.05, 3.63) is 0 Å². The molecule has 2 atom stereocenters. The highest BCUT2D eigenvalue weighted by atomic mass is 35.5. The van der Waals surface area contributed by atoms with Gasteiger partial charge in [-0.1, -0.05) is 0 Å². The summed E-state index contributed by atoms with van der Waals surface area (Å²) in [5.41, 5.74) is 0. The van der Waals surface area contributed by atoms with E-state index in [0.717, 1.165) is 0 Å². The molecule has 0 aliphatic rings. The van der Waals surface area contributed by atoms with Gasteiger partial charge < -0.3 is 0 Å². The molecule has 1 nitrogen and oxygen atoms in total. The van der Waals surface area contributed by atoms with Gasteiger partial charge in [0.2, 0.25) is 0 Å². The van der Waals surface area contributed by atoms with E-state index in [4.69, 9.17) is 40.1 Å². The van der Waals surface area contributed by atoms with Gasteiger partial charge in [-0.05, 0) is 0 Å². The summed E-state index contributed by atoms with van der Waals surface area (Å²) >= 11 is 16.0. The molecule has 0 saturated heterocycles. The molecule has 0 amide bonds. The van der Waals surface area contributed by atoms with Gasteiger partial charge in [0.25, 0.3) is 0 Å². The van der Waals surface area contributed by atoms with Crippen LogP contribution in [-0.2, 0) is 0 Å². The van der Waals surface area contributed by atoms with Gasteiger partial charge in [-0.25, -0.2) is 0 Å². The lowest BCUT2D eigenvalue weighted by Gasteiger charge is -2.01. The van der Waals surface area contributed by atoms with E-state index < -0.39 is 10.8 Å². The minimum absolute atomic E-state index is 0.212. The van der Waals surface area contributed by atoms with Crippen molar-refractivity contribution in [2.24, 2.45) is 0 Å². The van der Waals surface area contributed by atoms with E-state index in [1.165, 1.54) is 0 Å². The van der Waals surface area contributed by atoms with Gasteiger partial charge in [0, 0.05) is 5.88 Å². The van der Waals surface area contributed by atoms with Crippen LogP contribution in [0, 0.1) is 11.3 Å². The van der Waals surface area contributed by atoms with Crippen molar-refractivity contribution in [1.29, 1.82) is 5.26 Å². The first kappa shape index (κ1) is 8.36. The van der Waals surface area contributed by atoms with Crippen LogP contribution in [0.1, 0.15) is 0 Å². The summed E-state index contributed by atoms with van der Waals surface area (Å²) in [6.45, 7) is 0. The summed E-state index contributed by atoms with van der Waals surface area (Å²) in [4.78, 5) is 0. The van der Waals surface area contributed by atoms with Crippen LogP contribution in [0.2, 0.25) is 0 Å². The predicted octanol–water partition coefficient (Wildman–Crippen LogP) is 1.96. The van der Waals surface area contributed by atoms with E-state index in [1.807, 2.05) is 0 Å². The predicted molar refractivity (Wildman–Crippen MR) is 35.6 cm³/mol. The number of hydrogen-bond donors (Lipinski definition) is 0. The first-order valence-corrected chi connectivity index (χ1v) is 3.36. The molecule has 0 heterocycles. The van der Waals surface area contributed by atoms with Crippen molar-refractivity contribution in [2.75, 3.05) is 5.88 Å². The Kier molecular flexibility index (Phi) is 4.45. The number of nitrogens with zero attached hydrogens (tertiary/aromatic N) is 1. The van der Waals surface area contributed by atoms with E-state index in [1.54, 1.807) is 6.07 Å². The summed E-state index contributed by atoms with van der Waals surface area (Å²) in [7, 11) is 0. The Labute approximate surface area is 63.1 Å². The third kappa shape index (κ3) is 2.61. The van der Waals surface area contributed by atoms with Crippen LogP contribution in [0.15, 0.2) is 0 Å². The van der Waals surface area contributed by atoms with E-state index in [9.17, 15) is 0 Å². The maximum Gasteiger partial charge on any atom is 0.138 e. The molecule has 0 aromatic rings. The van der Waals surface area contributed by atoms with E-state index >= 15 is 0 Å². The fourth-order valence-electron chi connectivity index (χ4n) is 0.159. The molecule has 0 saturated carbocycles. The molecule has 0 rings (SSSR count). The van der Waals surface area contributed by atoms with Gasteiger partial charge in [0.05, 0.1) is 11.4 Å². The average Bonchev–Trinajstić information content (AvgIpc) is 1.84. The van der Waals surface area contributed by atoms with E-state index in [-0.39, 0.29) is 5.88 Å². The van der Waals surface area contributed by atoms with Crippen LogP contribution in [-0.4, -0.2) is 16.6 Å². The second-order valence-corrected chi connectivity index (χ2v) is 2.54. The SMILES string of the molecule is N#CC(Cl)C(Cl)CCl. The van der Waals surface area contributed by atoms with E-state index in [2.05, 4.69) is 0 Å². The number of rotatable bonds is 2. The van der Waals surface area contributed by atoms with Crippen molar-refractivity contribution in [3.8, 4) is 6.07 Å². The smallest absolute Gasteiger partial charge is 0.138 e. The minimum atomic E-state index is -0.672. The largest absolute Gasteiger partial charge is 0.197 e. The fourth-order valence-corrected chi connectivity index (χ4v) is 0.574. The molecule has 46 valence electrons. The second kappa shape index (κ2) is 4.26. The Morgan fingerprint density at radius 2 is 2.00 bits per heavy atom. The van der Waals surface area contributed by atoms with Crippen LogP contribution in [0.5, 0.6) is 0 Å².